The molecule has 0 atom stereocenters. The van der Waals surface area contributed by atoms with Crippen molar-refractivity contribution >= 4 is 17.5 Å². The summed E-state index contributed by atoms with van der Waals surface area (Å²) in [6, 6.07) is 13.6. The molecule has 3 rings (SSSR count). The molecule has 2 aromatic rings. The van der Waals surface area contributed by atoms with Crippen molar-refractivity contribution in [3.63, 3.8) is 0 Å². The molecular weight excluding hydrogens is 399 g/mol. The first kappa shape index (κ1) is 22.7. The van der Waals surface area contributed by atoms with E-state index >= 15 is 0 Å². The number of methoxy groups -OCH3 is 1. The molecule has 0 spiro atoms. The van der Waals surface area contributed by atoms with Crippen molar-refractivity contribution in [3.05, 3.63) is 59.9 Å². The van der Waals surface area contributed by atoms with Crippen LogP contribution in [0.25, 0.3) is 0 Å². The molecule has 0 bridgehead atoms. The quantitative estimate of drug-likeness (QED) is 0.409. The van der Waals surface area contributed by atoms with Crippen molar-refractivity contribution in [2.75, 3.05) is 58.2 Å². The minimum atomic E-state index is -0.327. The van der Waals surface area contributed by atoms with E-state index in [9.17, 15) is 14.0 Å². The van der Waals surface area contributed by atoms with Crippen molar-refractivity contribution < 1.29 is 28.5 Å². The lowest BCUT2D eigenvalue weighted by Crippen LogP contribution is -3.28. The van der Waals surface area contributed by atoms with Crippen LogP contribution in [-0.2, 0) is 16.0 Å². The van der Waals surface area contributed by atoms with Gasteiger partial charge < -0.3 is 25.2 Å². The number of rotatable bonds is 9. The number of quaternary nitrogens is 2. The molecule has 0 aromatic heterocycles. The Labute approximate surface area is 182 Å². The van der Waals surface area contributed by atoms with Gasteiger partial charge in [-0.15, -0.1) is 0 Å². The zero-order valence-electron chi connectivity index (χ0n) is 17.9. The molecule has 0 saturated carbocycles. The summed E-state index contributed by atoms with van der Waals surface area (Å²) in [5.74, 6) is 0.470. The lowest BCUT2D eigenvalue weighted by molar-refractivity contribution is -1.00. The molecule has 0 radical (unpaired) electrons. The first-order chi connectivity index (χ1) is 15.0. The van der Waals surface area contributed by atoms with Gasteiger partial charge in [-0.3, -0.25) is 9.59 Å². The highest BCUT2D eigenvalue weighted by molar-refractivity contribution is 5.91. The molecule has 1 aliphatic heterocycles. The number of hydrogen-bond acceptors (Lipinski definition) is 3. The third-order valence-electron chi connectivity index (χ3n) is 5.52. The van der Waals surface area contributed by atoms with Gasteiger partial charge in [0, 0.05) is 12.2 Å². The van der Waals surface area contributed by atoms with Crippen LogP contribution in [0.5, 0.6) is 5.75 Å². The van der Waals surface area contributed by atoms with Crippen molar-refractivity contribution in [2.24, 2.45) is 0 Å². The van der Waals surface area contributed by atoms with Crippen molar-refractivity contribution in [1.82, 2.24) is 5.32 Å². The Kier molecular flexibility index (Phi) is 8.37. The summed E-state index contributed by atoms with van der Waals surface area (Å²) in [5, 5.41) is 5.79. The maximum Gasteiger partial charge on any atom is 0.279 e. The molecular formula is C23H31FN4O3+2. The number of carbonyl (C=O) groups is 2. The lowest BCUT2D eigenvalue weighted by atomic mass is 10.1. The first-order valence-corrected chi connectivity index (χ1v) is 10.6. The second kappa shape index (κ2) is 11.4. The van der Waals surface area contributed by atoms with Crippen LogP contribution in [0.15, 0.2) is 48.5 Å². The van der Waals surface area contributed by atoms with E-state index in [1.807, 2.05) is 24.3 Å². The zero-order chi connectivity index (χ0) is 22.1. The highest BCUT2D eigenvalue weighted by Gasteiger charge is 2.26. The first-order valence-electron chi connectivity index (χ1n) is 10.6. The van der Waals surface area contributed by atoms with Crippen LogP contribution in [-0.4, -0.2) is 64.7 Å². The fourth-order valence-corrected chi connectivity index (χ4v) is 3.81. The summed E-state index contributed by atoms with van der Waals surface area (Å²) in [7, 11) is 1.65. The molecule has 8 heteroatoms. The van der Waals surface area contributed by atoms with Gasteiger partial charge in [-0.05, 0) is 42.3 Å². The third-order valence-corrected chi connectivity index (χ3v) is 5.52. The number of hydrogen-bond donors (Lipinski definition) is 4. The fraction of sp³-hybridized carbons (Fsp3) is 0.391. The number of piperazine rings is 1. The molecule has 0 aliphatic carbocycles. The van der Waals surface area contributed by atoms with Crippen LogP contribution in [0.4, 0.5) is 10.1 Å². The van der Waals surface area contributed by atoms with E-state index in [4.69, 9.17) is 4.74 Å². The number of carbonyl (C=O) groups excluding carboxylic acids is 2. The Morgan fingerprint density at radius 3 is 2.19 bits per heavy atom. The molecule has 1 saturated heterocycles. The third kappa shape index (κ3) is 7.34. The maximum atomic E-state index is 12.9. The molecule has 1 fully saturated rings. The van der Waals surface area contributed by atoms with Crippen LogP contribution in [0.1, 0.15) is 5.56 Å². The van der Waals surface area contributed by atoms with E-state index in [0.717, 1.165) is 43.9 Å². The average Bonchev–Trinajstić information content (AvgIpc) is 2.77. The molecule has 1 heterocycles. The lowest BCUT2D eigenvalue weighted by Gasteiger charge is -2.29. The predicted molar refractivity (Wildman–Crippen MR) is 116 cm³/mol. The minimum absolute atomic E-state index is 0.0439. The van der Waals surface area contributed by atoms with Gasteiger partial charge in [0.1, 0.15) is 37.7 Å². The van der Waals surface area contributed by atoms with Crippen LogP contribution < -0.4 is 25.2 Å². The number of para-hydroxylation sites is 1. The SMILES string of the molecule is COc1ccccc1CCNC(=O)C[NH+]1CC[NH+](CC(=O)Nc2ccc(F)cc2)CC1. The van der Waals surface area contributed by atoms with E-state index in [1.165, 1.54) is 21.9 Å². The van der Waals surface area contributed by atoms with Gasteiger partial charge in [0.2, 0.25) is 0 Å². The largest absolute Gasteiger partial charge is 0.496 e. The fourth-order valence-electron chi connectivity index (χ4n) is 3.81. The number of halogens is 1. The predicted octanol–water partition coefficient (Wildman–Crippen LogP) is -1.08. The molecule has 4 N–H and O–H groups in total. The molecule has 7 nitrogen and oxygen atoms in total. The average molecular weight is 431 g/mol. The summed E-state index contributed by atoms with van der Waals surface area (Å²) < 4.78 is 18.3. The Hall–Kier alpha value is -2.97. The van der Waals surface area contributed by atoms with Crippen molar-refractivity contribution in [1.29, 1.82) is 0 Å². The second-order valence-electron chi connectivity index (χ2n) is 7.82. The molecule has 2 amide bonds. The van der Waals surface area contributed by atoms with Crippen LogP contribution in [0.2, 0.25) is 0 Å². The van der Waals surface area contributed by atoms with Crippen LogP contribution >= 0.6 is 0 Å². The van der Waals surface area contributed by atoms with E-state index in [2.05, 4.69) is 10.6 Å². The monoisotopic (exact) mass is 430 g/mol. The highest BCUT2D eigenvalue weighted by Crippen LogP contribution is 2.17. The minimum Gasteiger partial charge on any atom is -0.496 e. The highest BCUT2D eigenvalue weighted by atomic mass is 19.1. The Bertz CT molecular complexity index is 867. The summed E-state index contributed by atoms with van der Waals surface area (Å²) in [6.07, 6.45) is 0.728. The number of ether oxygens (including phenoxy) is 1. The summed E-state index contributed by atoms with van der Waals surface area (Å²) >= 11 is 0. The number of amides is 2. The van der Waals surface area contributed by atoms with Gasteiger partial charge in [0.15, 0.2) is 13.1 Å². The topological polar surface area (TPSA) is 76.3 Å². The normalized spacial score (nSPS) is 18.3. The van der Waals surface area contributed by atoms with E-state index in [1.54, 1.807) is 19.2 Å². The van der Waals surface area contributed by atoms with E-state index in [-0.39, 0.29) is 17.6 Å². The summed E-state index contributed by atoms with van der Waals surface area (Å²) in [5.41, 5.74) is 1.67. The second-order valence-corrected chi connectivity index (χ2v) is 7.82. The zero-order valence-corrected chi connectivity index (χ0v) is 17.9. The van der Waals surface area contributed by atoms with E-state index < -0.39 is 0 Å². The summed E-state index contributed by atoms with van der Waals surface area (Å²) in [4.78, 5) is 26.9. The van der Waals surface area contributed by atoms with Crippen molar-refractivity contribution in [2.45, 2.75) is 6.42 Å². The number of benzene rings is 2. The summed E-state index contributed by atoms with van der Waals surface area (Å²) in [6.45, 7) is 4.75. The Morgan fingerprint density at radius 2 is 1.55 bits per heavy atom. The van der Waals surface area contributed by atoms with Gasteiger partial charge in [0.05, 0.1) is 7.11 Å². The molecule has 166 valence electrons. The molecule has 0 unspecified atom stereocenters. The Morgan fingerprint density at radius 1 is 0.935 bits per heavy atom. The van der Waals surface area contributed by atoms with Gasteiger partial charge in [0.25, 0.3) is 11.8 Å². The maximum absolute atomic E-state index is 12.9. The van der Waals surface area contributed by atoms with Crippen molar-refractivity contribution in [3.8, 4) is 5.75 Å². The molecule has 1 aliphatic rings. The van der Waals surface area contributed by atoms with Crippen LogP contribution in [0, 0.1) is 5.82 Å². The smallest absolute Gasteiger partial charge is 0.279 e. The van der Waals surface area contributed by atoms with E-state index in [0.29, 0.717) is 25.3 Å². The molecule has 2 aromatic carbocycles. The van der Waals surface area contributed by atoms with Gasteiger partial charge in [-0.1, -0.05) is 18.2 Å². The molecule has 31 heavy (non-hydrogen) atoms. The standard InChI is InChI=1S/C23H29FN4O3/c1-31-21-5-3-2-4-18(21)10-11-25-22(29)16-27-12-14-28(15-13-27)17-23(30)26-20-8-6-19(24)7-9-20/h2-9H,10-17H2,1H3,(H,25,29)(H,26,30)/p+2. The van der Waals surface area contributed by atoms with Gasteiger partial charge in [-0.2, -0.15) is 0 Å². The number of nitrogens with one attached hydrogen (secondary N) is 4. The Balaban J connectivity index is 1.32. The number of anilines is 1. The van der Waals surface area contributed by atoms with Crippen LogP contribution in [0.3, 0.4) is 0 Å². The van der Waals surface area contributed by atoms with Gasteiger partial charge >= 0.3 is 0 Å². The van der Waals surface area contributed by atoms with Gasteiger partial charge in [-0.25, -0.2) is 4.39 Å².